The maximum absolute atomic E-state index is 12.2. The predicted molar refractivity (Wildman–Crippen MR) is 62.6 cm³/mol. The Morgan fingerprint density at radius 1 is 1.11 bits per heavy atom. The molecule has 1 heterocycles. The molecule has 1 fully saturated rings. The van der Waals surface area contributed by atoms with Crippen molar-refractivity contribution in [2.24, 2.45) is 0 Å². The van der Waals surface area contributed by atoms with E-state index < -0.39 is 12.7 Å². The second kappa shape index (κ2) is 5.61. The lowest BCUT2D eigenvalue weighted by Gasteiger charge is -2.32. The maximum atomic E-state index is 12.2. The second-order valence-electron chi connectivity index (χ2n) is 4.52. The average Bonchev–Trinajstić information content (AvgIpc) is 2.31. The Labute approximate surface area is 104 Å². The quantitative estimate of drug-likeness (QED) is 0.827. The fourth-order valence-electron chi connectivity index (χ4n) is 2.13. The summed E-state index contributed by atoms with van der Waals surface area (Å²) in [6.07, 6.45) is -2.79. The lowest BCUT2D eigenvalue weighted by molar-refractivity contribution is -0.149. The van der Waals surface area contributed by atoms with Crippen LogP contribution in [0.3, 0.4) is 0 Å². The van der Waals surface area contributed by atoms with Crippen LogP contribution in [0.25, 0.3) is 0 Å². The minimum Gasteiger partial charge on any atom is -0.490 e. The zero-order chi connectivity index (χ0) is 13.0. The van der Waals surface area contributed by atoms with Crippen LogP contribution >= 0.6 is 0 Å². The molecule has 18 heavy (non-hydrogen) atoms. The van der Waals surface area contributed by atoms with Gasteiger partial charge in [-0.3, -0.25) is 4.90 Å². The molecule has 0 atom stereocenters. The summed E-state index contributed by atoms with van der Waals surface area (Å²) in [4.78, 5) is 1.44. The molecule has 0 unspecified atom stereocenters. The monoisotopic (exact) mass is 259 g/mol. The summed E-state index contributed by atoms with van der Waals surface area (Å²) in [5.41, 5.74) is 0. The van der Waals surface area contributed by atoms with Gasteiger partial charge >= 0.3 is 6.18 Å². The van der Waals surface area contributed by atoms with E-state index >= 15 is 0 Å². The number of benzene rings is 1. The Bertz CT molecular complexity index is 358. The van der Waals surface area contributed by atoms with Gasteiger partial charge in [0.05, 0.1) is 6.54 Å². The summed E-state index contributed by atoms with van der Waals surface area (Å²) in [7, 11) is 0. The first-order valence-corrected chi connectivity index (χ1v) is 6.04. The lowest BCUT2D eigenvalue weighted by atomic mass is 10.1. The average molecular weight is 259 g/mol. The van der Waals surface area contributed by atoms with Gasteiger partial charge in [-0.15, -0.1) is 0 Å². The van der Waals surface area contributed by atoms with Crippen LogP contribution in [0.1, 0.15) is 12.8 Å². The number of hydrogen-bond acceptors (Lipinski definition) is 2. The van der Waals surface area contributed by atoms with Crippen molar-refractivity contribution >= 4 is 0 Å². The number of likely N-dealkylation sites (tertiary alicyclic amines) is 1. The number of ether oxygens (including phenoxy) is 1. The van der Waals surface area contributed by atoms with Gasteiger partial charge in [0.1, 0.15) is 11.9 Å². The lowest BCUT2D eigenvalue weighted by Crippen LogP contribution is -2.42. The van der Waals surface area contributed by atoms with E-state index in [1.54, 1.807) is 0 Å². The molecule has 0 aliphatic carbocycles. The zero-order valence-electron chi connectivity index (χ0n) is 9.99. The smallest absolute Gasteiger partial charge is 0.401 e. The standard InChI is InChI=1S/C13H16F3NO/c14-13(15,16)10-17-8-6-12(7-9-17)18-11-4-2-1-3-5-11/h1-5,12H,6-10H2. The van der Waals surface area contributed by atoms with Crippen molar-refractivity contribution < 1.29 is 17.9 Å². The van der Waals surface area contributed by atoms with E-state index in [-0.39, 0.29) is 6.10 Å². The van der Waals surface area contributed by atoms with Crippen molar-refractivity contribution in [1.82, 2.24) is 4.90 Å². The molecule has 5 heteroatoms. The van der Waals surface area contributed by atoms with Gasteiger partial charge in [-0.1, -0.05) is 18.2 Å². The molecule has 0 radical (unpaired) electrons. The van der Waals surface area contributed by atoms with Crippen LogP contribution in [0.15, 0.2) is 30.3 Å². The van der Waals surface area contributed by atoms with E-state index in [0.717, 1.165) is 5.75 Å². The Kier molecular flexibility index (Phi) is 4.11. The fraction of sp³-hybridized carbons (Fsp3) is 0.538. The SMILES string of the molecule is FC(F)(F)CN1CCC(Oc2ccccc2)CC1. The minimum absolute atomic E-state index is 0.0249. The predicted octanol–water partition coefficient (Wildman–Crippen LogP) is 3.09. The normalized spacial score (nSPS) is 18.8. The van der Waals surface area contributed by atoms with E-state index in [4.69, 9.17) is 4.74 Å². The first kappa shape index (κ1) is 13.2. The Hall–Kier alpha value is -1.23. The first-order valence-electron chi connectivity index (χ1n) is 6.04. The van der Waals surface area contributed by atoms with Gasteiger partial charge in [0.2, 0.25) is 0 Å². The van der Waals surface area contributed by atoms with Crippen LogP contribution in [-0.4, -0.2) is 36.8 Å². The molecule has 0 spiro atoms. The molecule has 0 bridgehead atoms. The highest BCUT2D eigenvalue weighted by atomic mass is 19.4. The van der Waals surface area contributed by atoms with E-state index in [0.29, 0.717) is 25.9 Å². The highest BCUT2D eigenvalue weighted by Crippen LogP contribution is 2.22. The van der Waals surface area contributed by atoms with Crippen LogP contribution in [0, 0.1) is 0 Å². The molecule has 0 saturated carbocycles. The maximum Gasteiger partial charge on any atom is 0.401 e. The molecule has 2 rings (SSSR count). The summed E-state index contributed by atoms with van der Waals surface area (Å²) >= 11 is 0. The summed E-state index contributed by atoms with van der Waals surface area (Å²) < 4.78 is 42.4. The van der Waals surface area contributed by atoms with Gasteiger partial charge in [0.25, 0.3) is 0 Å². The molecule has 1 saturated heterocycles. The number of hydrogen-bond donors (Lipinski definition) is 0. The van der Waals surface area contributed by atoms with E-state index in [2.05, 4.69) is 0 Å². The highest BCUT2D eigenvalue weighted by molar-refractivity contribution is 5.21. The third-order valence-electron chi connectivity index (χ3n) is 2.98. The molecule has 1 aliphatic heterocycles. The molecule has 1 aromatic rings. The van der Waals surface area contributed by atoms with Gasteiger partial charge in [0, 0.05) is 13.1 Å². The molecular formula is C13H16F3NO. The third-order valence-corrected chi connectivity index (χ3v) is 2.98. The molecule has 2 nitrogen and oxygen atoms in total. The summed E-state index contributed by atoms with van der Waals surface area (Å²) in [5, 5.41) is 0. The van der Waals surface area contributed by atoms with Crippen LogP contribution in [0.5, 0.6) is 5.75 Å². The van der Waals surface area contributed by atoms with Crippen molar-refractivity contribution in [3.63, 3.8) is 0 Å². The van der Waals surface area contributed by atoms with Crippen LogP contribution in [0.4, 0.5) is 13.2 Å². The number of nitrogens with zero attached hydrogens (tertiary/aromatic N) is 1. The van der Waals surface area contributed by atoms with Crippen LogP contribution in [0.2, 0.25) is 0 Å². The second-order valence-corrected chi connectivity index (χ2v) is 4.52. The Balaban J connectivity index is 1.77. The Morgan fingerprint density at radius 3 is 2.28 bits per heavy atom. The number of para-hydroxylation sites is 1. The van der Waals surface area contributed by atoms with E-state index in [1.807, 2.05) is 30.3 Å². The number of rotatable bonds is 3. The summed E-state index contributed by atoms with van der Waals surface area (Å²) in [5.74, 6) is 0.784. The molecule has 100 valence electrons. The van der Waals surface area contributed by atoms with Crippen LogP contribution < -0.4 is 4.74 Å². The summed E-state index contributed by atoms with van der Waals surface area (Å²) in [6.45, 7) is 0.0685. The van der Waals surface area contributed by atoms with Crippen molar-refractivity contribution in [2.75, 3.05) is 19.6 Å². The molecule has 1 aromatic carbocycles. The van der Waals surface area contributed by atoms with Crippen molar-refractivity contribution in [3.05, 3.63) is 30.3 Å². The topological polar surface area (TPSA) is 12.5 Å². The van der Waals surface area contributed by atoms with Crippen molar-refractivity contribution in [2.45, 2.75) is 25.1 Å². The van der Waals surface area contributed by atoms with Gasteiger partial charge in [0.15, 0.2) is 0 Å². The molecular weight excluding hydrogens is 243 g/mol. The van der Waals surface area contributed by atoms with Crippen LogP contribution in [-0.2, 0) is 0 Å². The summed E-state index contributed by atoms with van der Waals surface area (Å²) in [6, 6.07) is 9.39. The van der Waals surface area contributed by atoms with E-state index in [9.17, 15) is 13.2 Å². The number of piperidine rings is 1. The largest absolute Gasteiger partial charge is 0.490 e. The molecule has 0 N–H and O–H groups in total. The first-order chi connectivity index (χ1) is 8.53. The van der Waals surface area contributed by atoms with Gasteiger partial charge in [-0.2, -0.15) is 13.2 Å². The van der Waals surface area contributed by atoms with E-state index in [1.165, 1.54) is 4.90 Å². The number of alkyl halides is 3. The third kappa shape index (κ3) is 4.22. The van der Waals surface area contributed by atoms with Crippen molar-refractivity contribution in [1.29, 1.82) is 0 Å². The van der Waals surface area contributed by atoms with Gasteiger partial charge in [-0.25, -0.2) is 0 Å². The van der Waals surface area contributed by atoms with Gasteiger partial charge in [-0.05, 0) is 25.0 Å². The molecule has 0 aromatic heterocycles. The fourth-order valence-corrected chi connectivity index (χ4v) is 2.13. The number of halogens is 3. The molecule has 0 amide bonds. The zero-order valence-corrected chi connectivity index (χ0v) is 9.99. The highest BCUT2D eigenvalue weighted by Gasteiger charge is 2.32. The Morgan fingerprint density at radius 2 is 1.72 bits per heavy atom. The minimum atomic E-state index is -4.10. The van der Waals surface area contributed by atoms with Crippen molar-refractivity contribution in [3.8, 4) is 5.75 Å². The molecule has 1 aliphatic rings. The van der Waals surface area contributed by atoms with Gasteiger partial charge < -0.3 is 4.74 Å².